The number of aliphatic hydroxyl groups excluding tert-OH is 3. The number of hydrogen-bond acceptors (Lipinski definition) is 27. The Bertz CT molecular complexity index is 3970. The molecule has 9 aliphatic rings. The summed E-state index contributed by atoms with van der Waals surface area (Å²) in [6.07, 6.45) is -11.2. The Balaban J connectivity index is 0.886. The van der Waals surface area contributed by atoms with Crippen LogP contribution in [-0.2, 0) is 87.5 Å². The van der Waals surface area contributed by atoms with Crippen LogP contribution in [0.2, 0.25) is 0 Å². The molecular weight excluding hydrogens is 1620 g/mol. The van der Waals surface area contributed by atoms with Gasteiger partial charge in [-0.05, 0) is 162 Å². The lowest BCUT2D eigenvalue weighted by atomic mass is 9.72. The van der Waals surface area contributed by atoms with E-state index >= 15 is 28.8 Å². The summed E-state index contributed by atoms with van der Waals surface area (Å²) in [5.41, 5.74) is -3.38. The third-order valence-electron chi connectivity index (χ3n) is 27.7. The highest BCUT2D eigenvalue weighted by Crippen LogP contribution is 2.44. The Morgan fingerprint density at radius 2 is 1.39 bits per heavy atom. The fourth-order valence-electron chi connectivity index (χ4n) is 20.0. The van der Waals surface area contributed by atoms with Crippen molar-refractivity contribution in [3.05, 3.63) is 65.7 Å². The number of likely N-dealkylation sites (N-methyl/N-ethyl adjacent to an activating group) is 2. The van der Waals surface area contributed by atoms with Gasteiger partial charge in [-0.25, -0.2) is 4.79 Å². The molecule has 2 aromatic rings. The van der Waals surface area contributed by atoms with E-state index in [-0.39, 0.29) is 81.3 Å². The number of ketones is 1. The number of aliphatic hydroxyl groups is 5. The summed E-state index contributed by atoms with van der Waals surface area (Å²) < 4.78 is 44.6. The second kappa shape index (κ2) is 42.9. The molecule has 0 aliphatic carbocycles. The predicted octanol–water partition coefficient (Wildman–Crippen LogP) is 2.99. The number of hydrogen-bond donors (Lipinski definition) is 10. The van der Waals surface area contributed by atoms with Crippen molar-refractivity contribution in [3.8, 4) is 0 Å². The van der Waals surface area contributed by atoms with Crippen molar-refractivity contribution in [3.63, 3.8) is 0 Å². The molecule has 10 N–H and O–H groups in total. The number of benzene rings is 2. The van der Waals surface area contributed by atoms with Gasteiger partial charge in [0.2, 0.25) is 41.4 Å². The lowest BCUT2D eigenvalue weighted by molar-refractivity contribution is -0.318. The smallest absolute Gasteiger partial charge is 0.333 e. The van der Waals surface area contributed by atoms with Crippen LogP contribution >= 0.6 is 11.8 Å². The molecule has 9 unspecified atom stereocenters. The summed E-state index contributed by atoms with van der Waals surface area (Å²) in [5.74, 6) is -10.8. The molecule has 7 amide bonds. The molecule has 124 heavy (non-hydrogen) atoms. The van der Waals surface area contributed by atoms with Crippen molar-refractivity contribution in [2.24, 2.45) is 35.5 Å². The van der Waals surface area contributed by atoms with Gasteiger partial charge < -0.3 is 115 Å². The van der Waals surface area contributed by atoms with Crippen LogP contribution in [0.1, 0.15) is 177 Å². The van der Waals surface area contributed by atoms with Crippen LogP contribution in [0.15, 0.2) is 54.6 Å². The first kappa shape index (κ1) is 99.1. The molecule has 9 fully saturated rings. The molecule has 0 spiro atoms. The van der Waals surface area contributed by atoms with Gasteiger partial charge in [0.1, 0.15) is 66.0 Å². The van der Waals surface area contributed by atoms with Crippen LogP contribution < -0.4 is 31.5 Å². The normalized spacial score (nSPS) is 38.5. The number of anilines is 1. The van der Waals surface area contributed by atoms with E-state index in [1.165, 1.54) is 42.7 Å². The third-order valence-corrected chi connectivity index (χ3v) is 29.3. The maximum Gasteiger partial charge on any atom is 0.333 e. The van der Waals surface area contributed by atoms with E-state index < -0.39 is 235 Å². The molecule has 0 aromatic heterocycles. The molecular formula is C90H141N11O22S. The van der Waals surface area contributed by atoms with Gasteiger partial charge in [-0.1, -0.05) is 77.1 Å². The zero-order chi connectivity index (χ0) is 90.9. The lowest BCUT2D eigenvalue weighted by Crippen LogP contribution is -2.63. The van der Waals surface area contributed by atoms with Gasteiger partial charge in [0, 0.05) is 140 Å². The zero-order valence-corrected chi connectivity index (χ0v) is 76.6. The average molecular weight is 1760 g/mol. The molecule has 2 aromatic carbocycles. The zero-order valence-electron chi connectivity index (χ0n) is 75.8. The van der Waals surface area contributed by atoms with E-state index in [4.69, 9.17) is 33.2 Å². The van der Waals surface area contributed by atoms with E-state index in [9.17, 15) is 44.7 Å². The van der Waals surface area contributed by atoms with Crippen molar-refractivity contribution in [1.82, 2.24) is 51.1 Å². The van der Waals surface area contributed by atoms with Crippen LogP contribution in [0.25, 0.3) is 0 Å². The first-order valence-electron chi connectivity index (χ1n) is 44.7. The number of carbonyl (C=O) groups is 10. The van der Waals surface area contributed by atoms with Crippen LogP contribution in [0.3, 0.4) is 0 Å². The van der Waals surface area contributed by atoms with E-state index in [0.717, 1.165) is 38.2 Å². The highest BCUT2D eigenvalue weighted by molar-refractivity contribution is 8.00. The number of nitrogens with zero attached hydrogens (tertiary/aromatic N) is 6. The molecule has 0 saturated carbocycles. The number of fused-ring (bicyclic) bond motifs is 5. The number of nitrogens with one attached hydrogen (secondary N) is 5. The van der Waals surface area contributed by atoms with Gasteiger partial charge >= 0.3 is 11.9 Å². The van der Waals surface area contributed by atoms with E-state index in [1.807, 2.05) is 76.1 Å². The standard InChI is InChI=1S/C90H141N11O22S/c1-19-61-82(110)100-38-24-27-62(100)83(111)98(17)65(42-56-28-30-60(31-29-56)96(13)14)84(112)101-46-59(48-124-67-47-99-39-34-57(67)35-40-99)66(102)43-64(101)80(108)95-74(58-25-22-21-23-26-58)86(114)120-54(8)73(81(109)93-61)94-70(104)33-32-69(103)91-36-37-92-72-49(3)44-88(10,115)79(123-87-75(105)63(97(15)16)41-50(4)118-87)52(6)76(122-71-45-89(11,117-18)78(107)55(9)119-71)53(7)85(113)121-68(20-2)90(12,116)77(106)51(72)5/h21-23,25-26,28-31,49-55,57,59,61-65,67-68,71-79,87,92,105-107,115-116H,19-20,24,27,32-48H2,1-18H3,(H,91,103)(H,93,109)(H,94,104)(H,95,108)/t49-,50?,51+,52?,53-,54-,55?,59+,61+,62+,63?,64+,65+,67-,68-,71?,72+,73+,74+,75?,76+,77-,78?,79-,87?,88-,89?,90-/m1/s1. The minimum Gasteiger partial charge on any atom is -0.459 e. The predicted molar refractivity (Wildman–Crippen MR) is 462 cm³/mol. The van der Waals surface area contributed by atoms with Crippen LogP contribution in [0.4, 0.5) is 5.69 Å². The van der Waals surface area contributed by atoms with E-state index in [0.29, 0.717) is 30.1 Å². The van der Waals surface area contributed by atoms with Crippen molar-refractivity contribution in [1.29, 1.82) is 0 Å². The number of thioether (sulfide) groups is 1. The summed E-state index contributed by atoms with van der Waals surface area (Å²) in [5, 5.41) is 76.4. The largest absolute Gasteiger partial charge is 0.459 e. The van der Waals surface area contributed by atoms with Crippen molar-refractivity contribution < 1.29 is 107 Å². The van der Waals surface area contributed by atoms with Crippen molar-refractivity contribution in [2.45, 2.75) is 304 Å². The number of carbonyl (C=O) groups excluding carboxylic acids is 10. The molecule has 0 radical (unpaired) electrons. The van der Waals surface area contributed by atoms with Gasteiger partial charge in [0.15, 0.2) is 18.6 Å². The Labute approximate surface area is 735 Å². The summed E-state index contributed by atoms with van der Waals surface area (Å²) in [4.78, 5) is 161. The van der Waals surface area contributed by atoms with Crippen molar-refractivity contribution >= 4 is 76.5 Å². The number of piperidine rings is 4. The Morgan fingerprint density at radius 3 is 2.02 bits per heavy atom. The maximum atomic E-state index is 16.0. The monoisotopic (exact) mass is 1760 g/mol. The highest BCUT2D eigenvalue weighted by Gasteiger charge is 2.56. The second-order valence-corrected chi connectivity index (χ2v) is 38.6. The maximum absolute atomic E-state index is 16.0. The number of methoxy groups -OCH3 is 1. The quantitative estimate of drug-likeness (QED) is 0.0564. The topological polar surface area (TPSA) is 416 Å². The minimum absolute atomic E-state index is 0.00253. The second-order valence-electron chi connectivity index (χ2n) is 37.4. The third kappa shape index (κ3) is 23.3. The molecule has 34 heteroatoms. The van der Waals surface area contributed by atoms with Crippen LogP contribution in [-0.4, -0.2) is 335 Å². The van der Waals surface area contributed by atoms with Gasteiger partial charge in [-0.15, -0.1) is 0 Å². The highest BCUT2D eigenvalue weighted by atomic mass is 32.2. The lowest BCUT2D eigenvalue weighted by Gasteiger charge is -2.49. The molecule has 694 valence electrons. The van der Waals surface area contributed by atoms with E-state index in [1.54, 1.807) is 97.5 Å². The first-order valence-corrected chi connectivity index (χ1v) is 45.8. The first-order chi connectivity index (χ1) is 58.5. The van der Waals surface area contributed by atoms with Gasteiger partial charge in [-0.2, -0.15) is 11.8 Å². The number of cyclic esters (lactones) is 2. The summed E-state index contributed by atoms with van der Waals surface area (Å²) in [6, 6.07) is 5.70. The molecule has 28 atom stereocenters. The summed E-state index contributed by atoms with van der Waals surface area (Å²) in [6.45, 7) is 22.5. The van der Waals surface area contributed by atoms with Gasteiger partial charge in [-0.3, -0.25) is 43.2 Å². The van der Waals surface area contributed by atoms with Crippen molar-refractivity contribution in [2.75, 3.05) is 98.8 Å². The Kier molecular flexibility index (Phi) is 34.3. The number of ether oxygens (including phenoxy) is 7. The number of rotatable bonds is 23. The number of amides is 7. The molecule has 33 nitrogen and oxygen atoms in total. The van der Waals surface area contributed by atoms with E-state index in [2.05, 4.69) is 31.5 Å². The summed E-state index contributed by atoms with van der Waals surface area (Å²) in [7, 11) is 10.4. The fraction of sp³-hybridized carbons (Fsp3) is 0.756. The molecule has 11 rings (SSSR count). The van der Waals surface area contributed by atoms with Crippen LogP contribution in [0, 0.1) is 35.5 Å². The molecule has 2 bridgehead atoms. The fourth-order valence-corrected chi connectivity index (χ4v) is 21.6. The van der Waals surface area contributed by atoms with Gasteiger partial charge in [0.05, 0.1) is 47.6 Å². The molecule has 9 saturated heterocycles. The number of Topliss-reactive ketones (excluding diaryl/α,β-unsaturated/α-hetero) is 1. The SMILES string of the molecule is CC[C@@H]1NC(=O)[C@@H](NC(=O)CCC(=O)NCCN[C@@H]2[C@H](C)[C@@H](O)[C@](C)(O)[C@@H](CC)OC(=O)[C@H](C)[C@@H](OC3CC(C)(OC)C(O)C(C)O3)C(C)[C@@H](OC3OC(C)CC(N(C)C)C3O)[C@](C)(O)C[C@H]2C)[C@@H](C)OC(=O)[C@H](c2ccccc2)NC(=O)[C@@H]2CC(=O)[C@H](CS[C@@H]3CN4CCC3CC4)CN2C(=O)[C@H](Cc2ccc(N(C)C)cc2)N(C)C(=O)[C@@H]2CCCN2C1=O. The molecule has 9 aliphatic heterocycles. The minimum atomic E-state index is -2.10. The Morgan fingerprint density at radius 1 is 0.710 bits per heavy atom. The Hall–Kier alpha value is -7.03. The van der Waals surface area contributed by atoms with Gasteiger partial charge in [0.25, 0.3) is 0 Å². The molecule has 9 heterocycles. The van der Waals surface area contributed by atoms with Crippen LogP contribution in [0.5, 0.6) is 0 Å². The average Bonchev–Trinajstić information content (AvgIpc) is 0.880. The number of esters is 2. The summed E-state index contributed by atoms with van der Waals surface area (Å²) >= 11 is 1.71.